The molecule has 0 spiro atoms. The number of hydrogen-bond donors (Lipinski definition) is 1. The van der Waals surface area contributed by atoms with Crippen LogP contribution in [-0.2, 0) is 11.3 Å². The van der Waals surface area contributed by atoms with E-state index < -0.39 is 6.10 Å². The predicted octanol–water partition coefficient (Wildman–Crippen LogP) is 3.56. The van der Waals surface area contributed by atoms with Gasteiger partial charge in [0.1, 0.15) is 12.7 Å². The molecule has 0 amide bonds. The first kappa shape index (κ1) is 24.3. The highest BCUT2D eigenvalue weighted by atomic mass is 16.5. The third-order valence-corrected chi connectivity index (χ3v) is 6.59. The zero-order chi connectivity index (χ0) is 21.9. The average Bonchev–Trinajstić information content (AvgIpc) is 2.76. The monoisotopic (exact) mass is 434 g/mol. The summed E-state index contributed by atoms with van der Waals surface area (Å²) >= 11 is 0. The van der Waals surface area contributed by atoms with Crippen LogP contribution in [0, 0.1) is 5.92 Å². The molecule has 1 aromatic carbocycles. The summed E-state index contributed by atoms with van der Waals surface area (Å²) in [5.41, 5.74) is 1.23. The SMILES string of the molecule is COCC1CCN(Cc2ccc(OC[C@@H](O)CN3CCCCCCC3)c(OC)c2)CC1. The van der Waals surface area contributed by atoms with Crippen LogP contribution in [0.25, 0.3) is 0 Å². The number of rotatable bonds is 10. The topological polar surface area (TPSA) is 54.4 Å². The summed E-state index contributed by atoms with van der Waals surface area (Å²) in [7, 11) is 3.47. The van der Waals surface area contributed by atoms with Gasteiger partial charge in [-0.05, 0) is 75.5 Å². The smallest absolute Gasteiger partial charge is 0.161 e. The Morgan fingerprint density at radius 3 is 2.32 bits per heavy atom. The van der Waals surface area contributed by atoms with Crippen molar-refractivity contribution in [1.82, 2.24) is 9.80 Å². The molecule has 0 saturated carbocycles. The van der Waals surface area contributed by atoms with E-state index in [2.05, 4.69) is 21.9 Å². The van der Waals surface area contributed by atoms with Gasteiger partial charge in [-0.1, -0.05) is 25.3 Å². The Labute approximate surface area is 188 Å². The van der Waals surface area contributed by atoms with Gasteiger partial charge in [0, 0.05) is 26.8 Å². The lowest BCUT2D eigenvalue weighted by molar-refractivity contribution is 0.0644. The maximum Gasteiger partial charge on any atom is 0.161 e. The molecule has 1 aromatic rings. The van der Waals surface area contributed by atoms with Crippen LogP contribution in [0.2, 0.25) is 0 Å². The van der Waals surface area contributed by atoms with E-state index in [0.717, 1.165) is 45.1 Å². The highest BCUT2D eigenvalue weighted by Crippen LogP contribution is 2.29. The Morgan fingerprint density at radius 2 is 1.65 bits per heavy atom. The number of aliphatic hydroxyl groups is 1. The summed E-state index contributed by atoms with van der Waals surface area (Å²) in [6.07, 6.45) is 8.32. The van der Waals surface area contributed by atoms with Crippen LogP contribution in [0.4, 0.5) is 0 Å². The summed E-state index contributed by atoms with van der Waals surface area (Å²) in [5.74, 6) is 2.14. The quantitative estimate of drug-likeness (QED) is 0.608. The zero-order valence-corrected chi connectivity index (χ0v) is 19.6. The van der Waals surface area contributed by atoms with Gasteiger partial charge >= 0.3 is 0 Å². The fourth-order valence-electron chi connectivity index (χ4n) is 4.77. The second-order valence-corrected chi connectivity index (χ2v) is 9.19. The lowest BCUT2D eigenvalue weighted by Gasteiger charge is -2.31. The highest BCUT2D eigenvalue weighted by Gasteiger charge is 2.20. The minimum absolute atomic E-state index is 0.291. The zero-order valence-electron chi connectivity index (χ0n) is 19.6. The van der Waals surface area contributed by atoms with Gasteiger partial charge in [-0.3, -0.25) is 4.90 Å². The van der Waals surface area contributed by atoms with Gasteiger partial charge in [0.2, 0.25) is 0 Å². The van der Waals surface area contributed by atoms with Crippen LogP contribution in [0.3, 0.4) is 0 Å². The normalized spacial score (nSPS) is 20.7. The van der Waals surface area contributed by atoms with Gasteiger partial charge in [-0.25, -0.2) is 0 Å². The first-order chi connectivity index (χ1) is 15.2. The van der Waals surface area contributed by atoms with Crippen LogP contribution in [0.5, 0.6) is 11.5 Å². The third kappa shape index (κ3) is 8.26. The predicted molar refractivity (Wildman–Crippen MR) is 124 cm³/mol. The molecule has 0 radical (unpaired) electrons. The van der Waals surface area contributed by atoms with Crippen LogP contribution < -0.4 is 9.47 Å². The summed E-state index contributed by atoms with van der Waals surface area (Å²) in [6.45, 7) is 7.15. The van der Waals surface area contributed by atoms with Crippen molar-refractivity contribution in [2.24, 2.45) is 5.92 Å². The van der Waals surface area contributed by atoms with E-state index >= 15 is 0 Å². The lowest BCUT2D eigenvalue weighted by Crippen LogP contribution is -2.37. The number of aliphatic hydroxyl groups excluding tert-OH is 1. The number of nitrogens with zero attached hydrogens (tertiary/aromatic N) is 2. The second-order valence-electron chi connectivity index (χ2n) is 9.19. The number of hydrogen-bond acceptors (Lipinski definition) is 6. The van der Waals surface area contributed by atoms with E-state index in [9.17, 15) is 5.11 Å². The molecule has 6 heteroatoms. The molecule has 0 bridgehead atoms. The number of methoxy groups -OCH3 is 2. The molecular weight excluding hydrogens is 392 g/mol. The summed E-state index contributed by atoms with van der Waals surface area (Å²) in [4.78, 5) is 4.87. The minimum atomic E-state index is -0.489. The highest BCUT2D eigenvalue weighted by molar-refractivity contribution is 5.43. The maximum atomic E-state index is 10.5. The molecule has 2 heterocycles. The van der Waals surface area contributed by atoms with E-state index in [1.165, 1.54) is 50.5 Å². The summed E-state index contributed by atoms with van der Waals surface area (Å²) < 4.78 is 16.8. The number of ether oxygens (including phenoxy) is 3. The standard InChI is InChI=1S/C25H42N2O4/c1-29-19-21-10-14-27(15-11-21)17-22-8-9-24(25(16-22)30-2)31-20-23(28)18-26-12-6-4-3-5-7-13-26/h8-9,16,21,23,28H,3-7,10-15,17-20H2,1-2H3/t23-/m0/s1. The second kappa shape index (κ2) is 13.3. The lowest BCUT2D eigenvalue weighted by atomic mass is 9.97. The molecule has 176 valence electrons. The van der Waals surface area contributed by atoms with Gasteiger partial charge in [-0.15, -0.1) is 0 Å². The van der Waals surface area contributed by atoms with E-state index in [4.69, 9.17) is 14.2 Å². The molecule has 2 saturated heterocycles. The average molecular weight is 435 g/mol. The van der Waals surface area contributed by atoms with Gasteiger partial charge in [0.15, 0.2) is 11.5 Å². The van der Waals surface area contributed by atoms with E-state index in [1.807, 2.05) is 6.07 Å². The van der Waals surface area contributed by atoms with E-state index in [1.54, 1.807) is 14.2 Å². The molecule has 0 aliphatic carbocycles. The minimum Gasteiger partial charge on any atom is -0.493 e. The Balaban J connectivity index is 1.46. The van der Waals surface area contributed by atoms with Gasteiger partial charge in [-0.2, -0.15) is 0 Å². The summed E-state index contributed by atoms with van der Waals surface area (Å²) in [5, 5.41) is 10.5. The fraction of sp³-hybridized carbons (Fsp3) is 0.760. The van der Waals surface area contributed by atoms with Gasteiger partial charge < -0.3 is 24.2 Å². The fourth-order valence-corrected chi connectivity index (χ4v) is 4.77. The number of benzene rings is 1. The van der Waals surface area contributed by atoms with Crippen molar-refractivity contribution in [2.45, 2.75) is 57.6 Å². The van der Waals surface area contributed by atoms with Crippen molar-refractivity contribution in [3.63, 3.8) is 0 Å². The van der Waals surface area contributed by atoms with Crippen LogP contribution in [0.1, 0.15) is 50.5 Å². The number of piperidine rings is 1. The Hall–Kier alpha value is -1.34. The summed E-state index contributed by atoms with van der Waals surface area (Å²) in [6, 6.07) is 6.17. The first-order valence-corrected chi connectivity index (χ1v) is 12.1. The Morgan fingerprint density at radius 1 is 0.935 bits per heavy atom. The molecular formula is C25H42N2O4. The van der Waals surface area contributed by atoms with Crippen molar-refractivity contribution in [3.8, 4) is 11.5 Å². The van der Waals surface area contributed by atoms with E-state index in [0.29, 0.717) is 24.8 Å². The van der Waals surface area contributed by atoms with Crippen LogP contribution >= 0.6 is 0 Å². The molecule has 3 rings (SSSR count). The van der Waals surface area contributed by atoms with Crippen molar-refractivity contribution in [3.05, 3.63) is 23.8 Å². The molecule has 2 aliphatic heterocycles. The van der Waals surface area contributed by atoms with Crippen LogP contribution in [-0.4, -0.2) is 81.2 Å². The van der Waals surface area contributed by atoms with Gasteiger partial charge in [0.25, 0.3) is 0 Å². The third-order valence-electron chi connectivity index (χ3n) is 6.59. The van der Waals surface area contributed by atoms with Crippen molar-refractivity contribution >= 4 is 0 Å². The molecule has 2 aliphatic rings. The van der Waals surface area contributed by atoms with Gasteiger partial charge in [0.05, 0.1) is 7.11 Å². The molecule has 1 N–H and O–H groups in total. The Kier molecular flexibility index (Phi) is 10.4. The van der Waals surface area contributed by atoms with Crippen molar-refractivity contribution < 1.29 is 19.3 Å². The molecule has 0 aromatic heterocycles. The largest absolute Gasteiger partial charge is 0.493 e. The maximum absolute atomic E-state index is 10.5. The molecule has 2 fully saturated rings. The number of likely N-dealkylation sites (tertiary alicyclic amines) is 2. The first-order valence-electron chi connectivity index (χ1n) is 12.1. The van der Waals surface area contributed by atoms with Crippen molar-refractivity contribution in [2.75, 3.05) is 60.2 Å². The Bertz CT molecular complexity index is 626. The van der Waals surface area contributed by atoms with Crippen LogP contribution in [0.15, 0.2) is 18.2 Å². The number of β-amino-alcohol motifs (C(OH)–C–C–N with tert-alkyl or cyclic N) is 1. The molecule has 31 heavy (non-hydrogen) atoms. The van der Waals surface area contributed by atoms with Crippen molar-refractivity contribution in [1.29, 1.82) is 0 Å². The molecule has 0 unspecified atom stereocenters. The molecule has 1 atom stereocenters. The van der Waals surface area contributed by atoms with E-state index in [-0.39, 0.29) is 0 Å². The molecule has 6 nitrogen and oxygen atoms in total.